The van der Waals surface area contributed by atoms with Gasteiger partial charge >= 0.3 is 243 Å². The summed E-state index contributed by atoms with van der Waals surface area (Å²) >= 11 is -1.16. The normalized spacial score (nSPS) is 16.4. The van der Waals surface area contributed by atoms with Gasteiger partial charge in [-0.25, -0.2) is 0 Å². The first-order chi connectivity index (χ1) is 24.6. The van der Waals surface area contributed by atoms with Crippen molar-refractivity contribution in [2.24, 2.45) is 23.7 Å². The molecule has 2 unspecified atom stereocenters. The van der Waals surface area contributed by atoms with E-state index in [2.05, 4.69) is 177 Å². The fraction of sp³-hybridized carbons (Fsp3) is 0.417. The summed E-state index contributed by atoms with van der Waals surface area (Å²) in [7, 11) is -0.151. The number of allylic oxidation sites excluding steroid dienone is 2. The molecule has 51 heavy (non-hydrogen) atoms. The molecule has 0 aromatic heterocycles. The van der Waals surface area contributed by atoms with E-state index in [4.69, 9.17) is 0 Å². The Balaban J connectivity index is 0.000000299. The van der Waals surface area contributed by atoms with Crippen LogP contribution in [0.1, 0.15) is 96.1 Å². The molecule has 6 rings (SSSR count). The fourth-order valence-corrected chi connectivity index (χ4v) is 25.3. The van der Waals surface area contributed by atoms with Crippen LogP contribution in [0.2, 0.25) is 0 Å². The summed E-state index contributed by atoms with van der Waals surface area (Å²) in [6.45, 7) is 19.5. The van der Waals surface area contributed by atoms with Crippen LogP contribution in [0.3, 0.4) is 0 Å². The van der Waals surface area contributed by atoms with E-state index in [1.807, 2.05) is 10.6 Å². The van der Waals surface area contributed by atoms with Crippen molar-refractivity contribution in [2.45, 2.75) is 75.6 Å². The topological polar surface area (TPSA) is 0 Å². The van der Waals surface area contributed by atoms with Gasteiger partial charge in [0.25, 0.3) is 0 Å². The van der Waals surface area contributed by atoms with Crippen LogP contribution in [0.5, 0.6) is 0 Å². The van der Waals surface area contributed by atoms with Gasteiger partial charge in [0.15, 0.2) is 0 Å². The SMILES string of the molecule is CC(C)CP(CC(C)C)C1=Cc2ccccc2[CH]1[Hf][CH]1C(P(CC(C)C)CC(C)C)=Cc2ccccc21.c1ccc(CCc2ccccc2)cc1. The molecule has 0 bridgehead atoms. The first-order valence-corrected chi connectivity index (χ1v) is 27.1. The summed E-state index contributed by atoms with van der Waals surface area (Å²) in [5.41, 5.74) is 9.27. The van der Waals surface area contributed by atoms with Crippen LogP contribution < -0.4 is 0 Å². The van der Waals surface area contributed by atoms with Gasteiger partial charge in [-0.15, -0.1) is 0 Å². The van der Waals surface area contributed by atoms with Crippen molar-refractivity contribution in [3.05, 3.63) is 153 Å². The van der Waals surface area contributed by atoms with E-state index in [1.54, 1.807) is 22.3 Å². The second-order valence-corrected chi connectivity index (χ2v) is 26.3. The molecule has 0 saturated heterocycles. The maximum absolute atomic E-state index is 2.68. The molecule has 0 N–H and O–H groups in total. The molecule has 0 aliphatic heterocycles. The molecule has 0 heterocycles. The quantitative estimate of drug-likeness (QED) is 0.0824. The van der Waals surface area contributed by atoms with E-state index in [-0.39, 0.29) is 15.8 Å². The molecule has 0 amide bonds. The summed E-state index contributed by atoms with van der Waals surface area (Å²) in [5, 5.41) is 3.76. The first kappa shape index (κ1) is 40.3. The molecule has 2 aliphatic rings. The van der Waals surface area contributed by atoms with E-state index < -0.39 is 22.9 Å². The summed E-state index contributed by atoms with van der Waals surface area (Å²) in [5.74, 6) is 3.10. The van der Waals surface area contributed by atoms with Crippen molar-refractivity contribution < 1.29 is 22.9 Å². The fourth-order valence-electron chi connectivity index (χ4n) is 7.59. The molecule has 268 valence electrons. The summed E-state index contributed by atoms with van der Waals surface area (Å²) in [6.07, 6.45) is 13.2. The number of benzene rings is 4. The third-order valence-electron chi connectivity index (χ3n) is 9.61. The van der Waals surface area contributed by atoms with Gasteiger partial charge in [-0.3, -0.25) is 0 Å². The maximum atomic E-state index is 2.68. The molecule has 3 heteroatoms. The largest absolute Gasteiger partial charge is 0.0622 e. The third kappa shape index (κ3) is 11.8. The summed E-state index contributed by atoms with van der Waals surface area (Å²) in [6, 6.07) is 40.2. The van der Waals surface area contributed by atoms with Crippen molar-refractivity contribution in [1.82, 2.24) is 0 Å². The minimum absolute atomic E-state index is 0.0757. The molecule has 0 nitrogen and oxygen atoms in total. The molecule has 2 atom stereocenters. The monoisotopic (exact) mass is 880 g/mol. The summed E-state index contributed by atoms with van der Waals surface area (Å²) < 4.78 is 1.52. The predicted molar refractivity (Wildman–Crippen MR) is 227 cm³/mol. The van der Waals surface area contributed by atoms with Gasteiger partial charge in [0.1, 0.15) is 0 Å². The molecule has 2 aliphatic carbocycles. The average Bonchev–Trinajstić information content (AvgIpc) is 3.66. The van der Waals surface area contributed by atoms with Crippen LogP contribution in [0.25, 0.3) is 12.2 Å². The van der Waals surface area contributed by atoms with Crippen molar-refractivity contribution in [3.63, 3.8) is 0 Å². The minimum atomic E-state index is -1.16. The van der Waals surface area contributed by atoms with Gasteiger partial charge in [0.2, 0.25) is 0 Å². The summed E-state index contributed by atoms with van der Waals surface area (Å²) in [4.78, 5) is 0. The van der Waals surface area contributed by atoms with Crippen LogP contribution in [0.4, 0.5) is 0 Å². The maximum Gasteiger partial charge on any atom is -0.0238 e. The van der Waals surface area contributed by atoms with Gasteiger partial charge in [0.05, 0.1) is 0 Å². The Bertz CT molecular complexity index is 1550. The van der Waals surface area contributed by atoms with Crippen LogP contribution in [0.15, 0.2) is 120 Å². The van der Waals surface area contributed by atoms with Crippen molar-refractivity contribution in [2.75, 3.05) is 24.6 Å². The van der Waals surface area contributed by atoms with Crippen molar-refractivity contribution >= 4 is 28.0 Å². The average molecular weight is 879 g/mol. The molecule has 4 aromatic rings. The second kappa shape index (κ2) is 20.0. The van der Waals surface area contributed by atoms with Gasteiger partial charge in [-0.05, 0) is 24.0 Å². The van der Waals surface area contributed by atoms with Crippen LogP contribution in [0, 0.1) is 23.7 Å². The standard InChI is InChI=1S/2C17H24P.C14H14.Hf/c2*1-13(2)11-18(12-14(3)4)17-9-15-7-5-6-8-16(15)10-17;1-3-7-13(8-4-1)11-12-14-9-5-2-6-10-14;/h2*5-10,13-14H,11-12H2,1-4H3;1-10H,11-12H2;. The van der Waals surface area contributed by atoms with Crippen molar-refractivity contribution in [1.29, 1.82) is 0 Å². The zero-order valence-electron chi connectivity index (χ0n) is 32.6. The van der Waals surface area contributed by atoms with E-state index >= 15 is 0 Å². The molecule has 4 aromatic carbocycles. The smallest absolute Gasteiger partial charge is 0.0238 e. The van der Waals surface area contributed by atoms with Crippen molar-refractivity contribution in [3.8, 4) is 0 Å². The number of hydrogen-bond acceptors (Lipinski definition) is 0. The van der Waals surface area contributed by atoms with E-state index in [0.717, 1.165) is 43.9 Å². The number of aryl methyl sites for hydroxylation is 2. The Hall–Kier alpha value is -1.91. The van der Waals surface area contributed by atoms with Gasteiger partial charge < -0.3 is 0 Å². The molecule has 0 radical (unpaired) electrons. The van der Waals surface area contributed by atoms with E-state index in [0.29, 0.717) is 0 Å². The molecular weight excluding hydrogens is 817 g/mol. The van der Waals surface area contributed by atoms with Crippen LogP contribution in [-0.2, 0) is 35.7 Å². The Morgan fingerprint density at radius 3 is 1.08 bits per heavy atom. The van der Waals surface area contributed by atoms with E-state index in [1.165, 1.54) is 35.8 Å². The Morgan fingerprint density at radius 1 is 0.431 bits per heavy atom. The number of hydrogen-bond donors (Lipinski definition) is 0. The van der Waals surface area contributed by atoms with Gasteiger partial charge in [-0.1, -0.05) is 60.7 Å². The molecule has 0 spiro atoms. The Kier molecular flexibility index (Phi) is 15.8. The first-order valence-electron chi connectivity index (χ1n) is 19.5. The van der Waals surface area contributed by atoms with Crippen LogP contribution in [-0.4, -0.2) is 24.6 Å². The second-order valence-electron chi connectivity index (χ2n) is 16.3. The Morgan fingerprint density at radius 2 is 0.745 bits per heavy atom. The molecule has 0 fully saturated rings. The Labute approximate surface area is 325 Å². The molecular formula is C48H62HfP2. The zero-order valence-corrected chi connectivity index (χ0v) is 38.0. The number of fused-ring (bicyclic) bond motifs is 2. The minimum Gasteiger partial charge on any atom is -0.0622 e. The van der Waals surface area contributed by atoms with E-state index in [9.17, 15) is 0 Å². The number of rotatable bonds is 15. The van der Waals surface area contributed by atoms with Crippen LogP contribution >= 0.6 is 15.8 Å². The van der Waals surface area contributed by atoms with Gasteiger partial charge in [-0.2, -0.15) is 0 Å². The third-order valence-corrected chi connectivity index (χ3v) is 25.1. The molecule has 0 saturated carbocycles. The predicted octanol–water partition coefficient (Wildman–Crippen LogP) is 14.3. The van der Waals surface area contributed by atoms with Gasteiger partial charge in [0, 0.05) is 0 Å². The zero-order chi connectivity index (χ0) is 36.3.